The van der Waals surface area contributed by atoms with Crippen molar-refractivity contribution in [3.05, 3.63) is 53.1 Å². The Balaban J connectivity index is 1.72. The Hall–Kier alpha value is -2.27. The predicted octanol–water partition coefficient (Wildman–Crippen LogP) is 3.08. The molecule has 1 aliphatic rings. The minimum atomic E-state index is -0.0557. The Labute approximate surface area is 142 Å². The molecule has 0 unspecified atom stereocenters. The fourth-order valence-electron chi connectivity index (χ4n) is 2.70. The third-order valence-corrected chi connectivity index (χ3v) is 3.95. The molecule has 24 heavy (non-hydrogen) atoms. The van der Waals surface area contributed by atoms with E-state index < -0.39 is 0 Å². The maximum atomic E-state index is 12.5. The van der Waals surface area contributed by atoms with Gasteiger partial charge < -0.3 is 9.47 Å². The Bertz CT molecular complexity index is 707. The van der Waals surface area contributed by atoms with Crippen molar-refractivity contribution in [3.63, 3.8) is 0 Å². The van der Waals surface area contributed by atoms with Crippen LogP contribution >= 0.6 is 0 Å². The number of ketones is 1. The third-order valence-electron chi connectivity index (χ3n) is 3.95. The van der Waals surface area contributed by atoms with Gasteiger partial charge >= 0.3 is 0 Å². The smallest absolute Gasteiger partial charge is 0.187 e. The average Bonchev–Trinajstić information content (AvgIpc) is 2.57. The van der Waals surface area contributed by atoms with Crippen LogP contribution in [0.5, 0.6) is 5.75 Å². The lowest BCUT2D eigenvalue weighted by Crippen LogP contribution is -2.28. The summed E-state index contributed by atoms with van der Waals surface area (Å²) >= 11 is 0. The van der Waals surface area contributed by atoms with E-state index in [9.17, 15) is 4.79 Å². The first-order chi connectivity index (χ1) is 11.6. The standard InChI is InChI=1S/C19H22N2O3/c1-13-5-6-15(20-11-13)9-19(22)18-10-17(8-14(2)21-18)24-16-4-3-7-23-12-16/h5-6,8,10-11,16H,3-4,7,9,12H2,1-2H3/t16-/m0/s1. The first-order valence-corrected chi connectivity index (χ1v) is 8.28. The van der Waals surface area contributed by atoms with Crippen LogP contribution in [0.3, 0.4) is 0 Å². The van der Waals surface area contributed by atoms with E-state index in [0.29, 0.717) is 18.1 Å². The van der Waals surface area contributed by atoms with E-state index in [4.69, 9.17) is 9.47 Å². The summed E-state index contributed by atoms with van der Waals surface area (Å²) in [4.78, 5) is 21.2. The summed E-state index contributed by atoms with van der Waals surface area (Å²) in [5.41, 5.74) is 3.01. The molecule has 5 nitrogen and oxygen atoms in total. The monoisotopic (exact) mass is 326 g/mol. The lowest BCUT2D eigenvalue weighted by molar-refractivity contribution is 0.00734. The van der Waals surface area contributed by atoms with E-state index in [0.717, 1.165) is 36.4 Å². The molecule has 126 valence electrons. The highest BCUT2D eigenvalue weighted by atomic mass is 16.5. The maximum Gasteiger partial charge on any atom is 0.187 e. The van der Waals surface area contributed by atoms with Gasteiger partial charge in [0, 0.05) is 36.3 Å². The van der Waals surface area contributed by atoms with Gasteiger partial charge in [-0.3, -0.25) is 9.78 Å². The second-order valence-electron chi connectivity index (χ2n) is 6.21. The molecule has 0 spiro atoms. The molecule has 5 heteroatoms. The Morgan fingerprint density at radius 2 is 2.21 bits per heavy atom. The zero-order chi connectivity index (χ0) is 16.9. The quantitative estimate of drug-likeness (QED) is 0.790. The molecule has 0 amide bonds. The van der Waals surface area contributed by atoms with Gasteiger partial charge in [-0.2, -0.15) is 0 Å². The van der Waals surface area contributed by atoms with Crippen molar-refractivity contribution in [1.82, 2.24) is 9.97 Å². The number of nitrogens with zero attached hydrogens (tertiary/aromatic N) is 2. The number of carbonyl (C=O) groups is 1. The van der Waals surface area contributed by atoms with E-state index in [-0.39, 0.29) is 18.3 Å². The van der Waals surface area contributed by atoms with E-state index in [2.05, 4.69) is 9.97 Å². The van der Waals surface area contributed by atoms with Gasteiger partial charge in [-0.05, 0) is 38.3 Å². The highest BCUT2D eigenvalue weighted by Crippen LogP contribution is 2.20. The number of ether oxygens (including phenoxy) is 2. The van der Waals surface area contributed by atoms with Gasteiger partial charge in [0.25, 0.3) is 0 Å². The third kappa shape index (κ3) is 4.38. The molecule has 0 aliphatic carbocycles. The fraction of sp³-hybridized carbons (Fsp3) is 0.421. The average molecular weight is 326 g/mol. The SMILES string of the molecule is Cc1ccc(CC(=O)c2cc(O[C@H]3CCCOC3)cc(C)n2)nc1. The largest absolute Gasteiger partial charge is 0.488 e. The number of hydrogen-bond acceptors (Lipinski definition) is 5. The fourth-order valence-corrected chi connectivity index (χ4v) is 2.70. The zero-order valence-corrected chi connectivity index (χ0v) is 14.1. The summed E-state index contributed by atoms with van der Waals surface area (Å²) in [6.45, 7) is 5.23. The van der Waals surface area contributed by atoms with Crippen LogP contribution in [-0.4, -0.2) is 35.1 Å². The van der Waals surface area contributed by atoms with Crippen LogP contribution < -0.4 is 4.74 Å². The summed E-state index contributed by atoms with van der Waals surface area (Å²) in [5.74, 6) is 0.623. The number of pyridine rings is 2. The number of aromatic nitrogens is 2. The Morgan fingerprint density at radius 3 is 2.92 bits per heavy atom. The highest BCUT2D eigenvalue weighted by molar-refractivity contribution is 5.95. The van der Waals surface area contributed by atoms with E-state index in [1.54, 1.807) is 12.3 Å². The summed E-state index contributed by atoms with van der Waals surface area (Å²) < 4.78 is 11.4. The normalized spacial score (nSPS) is 17.5. The number of rotatable bonds is 5. The van der Waals surface area contributed by atoms with Crippen LogP contribution in [0.1, 0.15) is 40.3 Å². The van der Waals surface area contributed by atoms with Crippen LogP contribution in [0.2, 0.25) is 0 Å². The van der Waals surface area contributed by atoms with Gasteiger partial charge in [0.1, 0.15) is 17.5 Å². The summed E-state index contributed by atoms with van der Waals surface area (Å²) in [5, 5.41) is 0. The summed E-state index contributed by atoms with van der Waals surface area (Å²) in [7, 11) is 0. The molecule has 1 fully saturated rings. The van der Waals surface area contributed by atoms with E-state index in [1.807, 2.05) is 32.0 Å². The van der Waals surface area contributed by atoms with Crippen molar-refractivity contribution in [3.8, 4) is 5.75 Å². The van der Waals surface area contributed by atoms with E-state index in [1.165, 1.54) is 0 Å². The lowest BCUT2D eigenvalue weighted by atomic mass is 10.1. The molecule has 1 saturated heterocycles. The first-order valence-electron chi connectivity index (χ1n) is 8.28. The minimum absolute atomic E-state index is 0.0438. The number of aryl methyl sites for hydroxylation is 2. The number of Topliss-reactive ketones (excluding diaryl/α,β-unsaturated/α-hetero) is 1. The Morgan fingerprint density at radius 1 is 1.33 bits per heavy atom. The molecule has 1 atom stereocenters. The molecular formula is C19H22N2O3. The van der Waals surface area contributed by atoms with Crippen LogP contribution in [0.4, 0.5) is 0 Å². The van der Waals surface area contributed by atoms with Gasteiger partial charge in [-0.25, -0.2) is 4.98 Å². The summed E-state index contributed by atoms with van der Waals surface area (Å²) in [6.07, 6.45) is 4.02. The van der Waals surface area contributed by atoms with Gasteiger partial charge in [0.15, 0.2) is 5.78 Å². The van der Waals surface area contributed by atoms with Crippen molar-refractivity contribution >= 4 is 5.78 Å². The molecule has 1 aliphatic heterocycles. The molecule has 0 bridgehead atoms. The predicted molar refractivity (Wildman–Crippen MR) is 90.5 cm³/mol. The van der Waals surface area contributed by atoms with Crippen LogP contribution in [-0.2, 0) is 11.2 Å². The molecule has 2 aromatic heterocycles. The molecule has 0 N–H and O–H groups in total. The minimum Gasteiger partial charge on any atom is -0.488 e. The molecule has 0 aromatic carbocycles. The van der Waals surface area contributed by atoms with Crippen molar-refractivity contribution in [1.29, 1.82) is 0 Å². The van der Waals surface area contributed by atoms with Gasteiger partial charge in [-0.15, -0.1) is 0 Å². The second-order valence-corrected chi connectivity index (χ2v) is 6.21. The molecule has 3 heterocycles. The van der Waals surface area contributed by atoms with Crippen LogP contribution in [0, 0.1) is 13.8 Å². The van der Waals surface area contributed by atoms with Crippen LogP contribution in [0.15, 0.2) is 30.5 Å². The molecular weight excluding hydrogens is 304 g/mol. The maximum absolute atomic E-state index is 12.5. The second kappa shape index (κ2) is 7.53. The first kappa shape index (κ1) is 16.6. The number of hydrogen-bond donors (Lipinski definition) is 0. The van der Waals surface area contributed by atoms with E-state index >= 15 is 0 Å². The number of carbonyl (C=O) groups excluding carboxylic acids is 1. The lowest BCUT2D eigenvalue weighted by Gasteiger charge is -2.23. The molecule has 0 saturated carbocycles. The van der Waals surface area contributed by atoms with Gasteiger partial charge in [0.2, 0.25) is 0 Å². The molecule has 2 aromatic rings. The zero-order valence-electron chi connectivity index (χ0n) is 14.1. The van der Waals surface area contributed by atoms with Gasteiger partial charge in [-0.1, -0.05) is 6.07 Å². The van der Waals surface area contributed by atoms with Crippen molar-refractivity contribution in [2.45, 2.75) is 39.2 Å². The van der Waals surface area contributed by atoms with Crippen molar-refractivity contribution in [2.24, 2.45) is 0 Å². The molecule has 0 radical (unpaired) electrons. The van der Waals surface area contributed by atoms with Crippen molar-refractivity contribution in [2.75, 3.05) is 13.2 Å². The Kier molecular flexibility index (Phi) is 5.20. The summed E-state index contributed by atoms with van der Waals surface area (Å²) in [6, 6.07) is 7.41. The highest BCUT2D eigenvalue weighted by Gasteiger charge is 2.17. The van der Waals surface area contributed by atoms with Crippen molar-refractivity contribution < 1.29 is 14.3 Å². The van der Waals surface area contributed by atoms with Crippen LogP contribution in [0.25, 0.3) is 0 Å². The molecule has 3 rings (SSSR count). The van der Waals surface area contributed by atoms with Gasteiger partial charge in [0.05, 0.1) is 13.0 Å². The topological polar surface area (TPSA) is 61.3 Å².